The smallest absolute Gasteiger partial charge is 0.0438 e. The van der Waals surface area contributed by atoms with Crippen molar-refractivity contribution in [3.05, 3.63) is 0 Å². The van der Waals surface area contributed by atoms with Crippen molar-refractivity contribution in [2.45, 2.75) is 19.3 Å². The molecule has 0 aromatic rings. The minimum absolute atomic E-state index is 0.329. The van der Waals surface area contributed by atoms with E-state index in [2.05, 4.69) is 10.6 Å². The lowest BCUT2D eigenvalue weighted by atomic mass is 9.98. The van der Waals surface area contributed by atoms with E-state index in [9.17, 15) is 0 Å². The molecule has 1 aliphatic rings. The van der Waals surface area contributed by atoms with Gasteiger partial charge in [0.25, 0.3) is 0 Å². The third-order valence-corrected chi connectivity index (χ3v) is 3.83. The zero-order chi connectivity index (χ0) is 10.8. The molecule has 0 saturated carbocycles. The topological polar surface area (TPSA) is 44.3 Å². The van der Waals surface area contributed by atoms with Crippen LogP contribution in [0.25, 0.3) is 0 Å². The van der Waals surface area contributed by atoms with Crippen LogP contribution < -0.4 is 10.6 Å². The van der Waals surface area contributed by atoms with E-state index >= 15 is 0 Å². The van der Waals surface area contributed by atoms with Crippen molar-refractivity contribution in [2.75, 3.05) is 44.3 Å². The fourth-order valence-corrected chi connectivity index (χ4v) is 2.63. The van der Waals surface area contributed by atoms with Gasteiger partial charge in [0, 0.05) is 18.9 Å². The van der Waals surface area contributed by atoms with Crippen LogP contribution >= 0.6 is 11.8 Å². The van der Waals surface area contributed by atoms with Gasteiger partial charge in [-0.1, -0.05) is 0 Å². The highest BCUT2D eigenvalue weighted by Gasteiger charge is 2.11. The lowest BCUT2D eigenvalue weighted by Gasteiger charge is -2.22. The number of aliphatic hydroxyl groups is 1. The molecule has 0 aromatic heterocycles. The Morgan fingerprint density at radius 2 is 2.07 bits per heavy atom. The van der Waals surface area contributed by atoms with Crippen molar-refractivity contribution in [3.63, 3.8) is 0 Å². The molecule has 3 N–H and O–H groups in total. The maximum absolute atomic E-state index is 8.60. The highest BCUT2D eigenvalue weighted by molar-refractivity contribution is 7.99. The zero-order valence-corrected chi connectivity index (χ0v) is 10.3. The van der Waals surface area contributed by atoms with Crippen LogP contribution in [0.15, 0.2) is 0 Å². The first-order chi connectivity index (χ1) is 7.43. The predicted molar refractivity (Wildman–Crippen MR) is 67.5 cm³/mol. The van der Waals surface area contributed by atoms with Crippen molar-refractivity contribution < 1.29 is 5.11 Å². The van der Waals surface area contributed by atoms with Crippen LogP contribution in [0.5, 0.6) is 0 Å². The lowest BCUT2D eigenvalue weighted by molar-refractivity contribution is 0.296. The summed E-state index contributed by atoms with van der Waals surface area (Å²) in [6.45, 7) is 5.01. The Balaban J connectivity index is 1.79. The van der Waals surface area contributed by atoms with Gasteiger partial charge >= 0.3 is 0 Å². The first-order valence-electron chi connectivity index (χ1n) is 6.03. The maximum Gasteiger partial charge on any atom is 0.0438 e. The number of hydrogen-bond donors (Lipinski definition) is 3. The predicted octanol–water partition coefficient (Wildman–Crippen LogP) is 0.691. The van der Waals surface area contributed by atoms with E-state index in [-0.39, 0.29) is 0 Å². The van der Waals surface area contributed by atoms with Crippen molar-refractivity contribution in [1.82, 2.24) is 10.6 Å². The molecule has 0 aliphatic carbocycles. The van der Waals surface area contributed by atoms with Gasteiger partial charge in [0.05, 0.1) is 0 Å². The minimum Gasteiger partial charge on any atom is -0.396 e. The average molecular weight is 232 g/mol. The molecule has 0 radical (unpaired) electrons. The number of nitrogens with one attached hydrogen (secondary N) is 2. The molecule has 1 saturated heterocycles. The first-order valence-corrected chi connectivity index (χ1v) is 7.19. The summed E-state index contributed by atoms with van der Waals surface area (Å²) < 4.78 is 0. The fraction of sp³-hybridized carbons (Fsp3) is 1.00. The zero-order valence-electron chi connectivity index (χ0n) is 9.50. The molecule has 0 atom stereocenters. The molecule has 0 spiro atoms. The molecule has 1 rings (SSSR count). The minimum atomic E-state index is 0.329. The van der Waals surface area contributed by atoms with Gasteiger partial charge in [-0.05, 0) is 50.6 Å². The van der Waals surface area contributed by atoms with E-state index in [0.717, 1.165) is 24.6 Å². The van der Waals surface area contributed by atoms with E-state index in [1.165, 1.54) is 38.2 Å². The molecular formula is C11H24N2OS. The Hall–Kier alpha value is 0.230. The molecule has 0 bridgehead atoms. The summed E-state index contributed by atoms with van der Waals surface area (Å²) in [6.07, 6.45) is 3.58. The van der Waals surface area contributed by atoms with Gasteiger partial charge in [-0.15, -0.1) is 0 Å². The van der Waals surface area contributed by atoms with E-state index < -0.39 is 0 Å². The molecule has 1 fully saturated rings. The highest BCUT2D eigenvalue weighted by atomic mass is 32.2. The van der Waals surface area contributed by atoms with Gasteiger partial charge in [0.2, 0.25) is 0 Å². The second kappa shape index (κ2) is 9.46. The Kier molecular flexibility index (Phi) is 8.38. The van der Waals surface area contributed by atoms with Crippen LogP contribution in [0.1, 0.15) is 19.3 Å². The van der Waals surface area contributed by atoms with Crippen LogP contribution in [0.3, 0.4) is 0 Å². The van der Waals surface area contributed by atoms with Gasteiger partial charge in [0.15, 0.2) is 0 Å². The standard InChI is InChI=1S/C11H24N2OS/c14-7-1-8-15-9-6-13-10-11-2-4-12-5-3-11/h11-14H,1-10H2. The van der Waals surface area contributed by atoms with Gasteiger partial charge in [-0.2, -0.15) is 11.8 Å². The van der Waals surface area contributed by atoms with Crippen LogP contribution in [0, 0.1) is 5.92 Å². The Bertz CT molecular complexity index is 141. The number of thioether (sulfide) groups is 1. The van der Waals surface area contributed by atoms with Crippen molar-refractivity contribution >= 4 is 11.8 Å². The second-order valence-electron chi connectivity index (χ2n) is 4.09. The Morgan fingerprint density at radius 1 is 1.27 bits per heavy atom. The number of piperidine rings is 1. The first kappa shape index (κ1) is 13.3. The molecule has 15 heavy (non-hydrogen) atoms. The third-order valence-electron chi connectivity index (χ3n) is 2.76. The Morgan fingerprint density at radius 3 is 2.80 bits per heavy atom. The normalized spacial score (nSPS) is 18.2. The molecule has 90 valence electrons. The molecular weight excluding hydrogens is 208 g/mol. The van der Waals surface area contributed by atoms with Gasteiger partial charge < -0.3 is 15.7 Å². The van der Waals surface area contributed by atoms with Crippen LogP contribution in [0.4, 0.5) is 0 Å². The molecule has 0 unspecified atom stereocenters. The molecule has 1 heterocycles. The fourth-order valence-electron chi connectivity index (χ4n) is 1.81. The van der Waals surface area contributed by atoms with E-state index in [1.54, 1.807) is 0 Å². The van der Waals surface area contributed by atoms with Crippen molar-refractivity contribution in [1.29, 1.82) is 0 Å². The molecule has 4 heteroatoms. The largest absolute Gasteiger partial charge is 0.396 e. The Labute approximate surface area is 97.4 Å². The van der Waals surface area contributed by atoms with E-state index in [4.69, 9.17) is 5.11 Å². The van der Waals surface area contributed by atoms with Gasteiger partial charge in [0.1, 0.15) is 0 Å². The SMILES string of the molecule is OCCCSCCNCC1CCNCC1. The van der Waals surface area contributed by atoms with Crippen LogP contribution in [0.2, 0.25) is 0 Å². The summed E-state index contributed by atoms with van der Waals surface area (Å²) >= 11 is 1.93. The lowest BCUT2D eigenvalue weighted by Crippen LogP contribution is -2.34. The molecule has 0 amide bonds. The molecule has 0 aromatic carbocycles. The van der Waals surface area contributed by atoms with Gasteiger partial charge in [-0.3, -0.25) is 0 Å². The summed E-state index contributed by atoms with van der Waals surface area (Å²) in [5.41, 5.74) is 0. The number of hydrogen-bond acceptors (Lipinski definition) is 4. The van der Waals surface area contributed by atoms with Crippen LogP contribution in [-0.4, -0.2) is 49.4 Å². The van der Waals surface area contributed by atoms with Crippen LogP contribution in [-0.2, 0) is 0 Å². The summed E-state index contributed by atoms with van der Waals surface area (Å²) in [4.78, 5) is 0. The van der Waals surface area contributed by atoms with Crippen molar-refractivity contribution in [3.8, 4) is 0 Å². The molecule has 1 aliphatic heterocycles. The number of aliphatic hydroxyl groups excluding tert-OH is 1. The summed E-state index contributed by atoms with van der Waals surface area (Å²) in [7, 11) is 0. The van der Waals surface area contributed by atoms with Crippen molar-refractivity contribution in [2.24, 2.45) is 5.92 Å². The quantitative estimate of drug-likeness (QED) is 0.539. The highest BCUT2D eigenvalue weighted by Crippen LogP contribution is 2.09. The number of rotatable bonds is 8. The summed E-state index contributed by atoms with van der Waals surface area (Å²) in [5.74, 6) is 3.14. The van der Waals surface area contributed by atoms with Gasteiger partial charge in [-0.25, -0.2) is 0 Å². The summed E-state index contributed by atoms with van der Waals surface area (Å²) in [5, 5.41) is 15.5. The monoisotopic (exact) mass is 232 g/mol. The summed E-state index contributed by atoms with van der Waals surface area (Å²) in [6, 6.07) is 0. The maximum atomic E-state index is 8.60. The van der Waals surface area contributed by atoms with E-state index in [1.807, 2.05) is 11.8 Å². The van der Waals surface area contributed by atoms with E-state index in [0.29, 0.717) is 6.61 Å². The third kappa shape index (κ3) is 7.17. The average Bonchev–Trinajstić information content (AvgIpc) is 2.29. The second-order valence-corrected chi connectivity index (χ2v) is 5.31. The molecule has 3 nitrogen and oxygen atoms in total.